The molecule has 0 amide bonds. The highest BCUT2D eigenvalue weighted by Crippen LogP contribution is 2.25. The summed E-state index contributed by atoms with van der Waals surface area (Å²) in [5, 5.41) is 0. The van der Waals surface area contributed by atoms with Crippen molar-refractivity contribution in [2.24, 2.45) is 5.73 Å². The highest BCUT2D eigenvalue weighted by Gasteiger charge is 2.25. The van der Waals surface area contributed by atoms with E-state index in [1.807, 2.05) is 13.8 Å². The molecule has 1 saturated heterocycles. The van der Waals surface area contributed by atoms with Crippen LogP contribution in [0.2, 0.25) is 0 Å². The molecular weight excluding hydrogens is 232 g/mol. The Morgan fingerprint density at radius 2 is 2.33 bits per heavy atom. The second-order valence-electron chi connectivity index (χ2n) is 4.55. The van der Waals surface area contributed by atoms with Crippen LogP contribution in [0.25, 0.3) is 0 Å². The van der Waals surface area contributed by atoms with E-state index in [9.17, 15) is 0 Å². The molecule has 6 heteroatoms. The first-order valence-corrected chi connectivity index (χ1v) is 6.11. The molecular formula is C12H20N4O2. The molecule has 0 bridgehead atoms. The summed E-state index contributed by atoms with van der Waals surface area (Å²) in [5.41, 5.74) is 6.84. The Morgan fingerprint density at radius 1 is 1.56 bits per heavy atom. The van der Waals surface area contributed by atoms with Gasteiger partial charge in [-0.05, 0) is 13.8 Å². The van der Waals surface area contributed by atoms with Crippen molar-refractivity contribution in [2.45, 2.75) is 26.0 Å². The van der Waals surface area contributed by atoms with Crippen LogP contribution in [0.1, 0.15) is 12.5 Å². The average Bonchev–Trinajstić information content (AvgIpc) is 2.39. The van der Waals surface area contributed by atoms with Gasteiger partial charge in [-0.25, -0.2) is 9.97 Å². The fourth-order valence-corrected chi connectivity index (χ4v) is 2.14. The number of morpholine rings is 1. The van der Waals surface area contributed by atoms with Crippen LogP contribution in [-0.2, 0) is 4.74 Å². The second-order valence-corrected chi connectivity index (χ2v) is 4.55. The van der Waals surface area contributed by atoms with Crippen molar-refractivity contribution in [3.05, 3.63) is 11.9 Å². The van der Waals surface area contributed by atoms with Gasteiger partial charge in [-0.15, -0.1) is 0 Å². The zero-order chi connectivity index (χ0) is 13.1. The van der Waals surface area contributed by atoms with Gasteiger partial charge < -0.3 is 20.1 Å². The lowest BCUT2D eigenvalue weighted by molar-refractivity contribution is 0.0273. The highest BCUT2D eigenvalue weighted by molar-refractivity contribution is 5.50. The van der Waals surface area contributed by atoms with Crippen molar-refractivity contribution in [1.82, 2.24) is 9.97 Å². The van der Waals surface area contributed by atoms with Crippen molar-refractivity contribution in [1.29, 1.82) is 0 Å². The smallest absolute Gasteiger partial charge is 0.221 e. The van der Waals surface area contributed by atoms with E-state index in [4.69, 9.17) is 15.2 Å². The van der Waals surface area contributed by atoms with Gasteiger partial charge in [-0.1, -0.05) is 0 Å². The maximum Gasteiger partial charge on any atom is 0.221 e. The molecule has 2 atom stereocenters. The van der Waals surface area contributed by atoms with Gasteiger partial charge in [0, 0.05) is 19.1 Å². The number of rotatable bonds is 3. The Kier molecular flexibility index (Phi) is 3.98. The third-order valence-corrected chi connectivity index (χ3v) is 3.18. The van der Waals surface area contributed by atoms with Gasteiger partial charge in [0.1, 0.15) is 12.1 Å². The van der Waals surface area contributed by atoms with Gasteiger partial charge in [0.2, 0.25) is 5.88 Å². The monoisotopic (exact) mass is 252 g/mol. The van der Waals surface area contributed by atoms with E-state index in [2.05, 4.69) is 14.9 Å². The Balaban J connectivity index is 2.20. The quantitative estimate of drug-likeness (QED) is 0.836. The third-order valence-electron chi connectivity index (χ3n) is 3.18. The summed E-state index contributed by atoms with van der Waals surface area (Å²) in [4.78, 5) is 10.6. The number of methoxy groups -OCH3 is 1. The molecule has 1 aliphatic rings. The Morgan fingerprint density at radius 3 is 3.00 bits per heavy atom. The minimum absolute atomic E-state index is 0.0110. The number of hydrogen-bond acceptors (Lipinski definition) is 6. The fourth-order valence-electron chi connectivity index (χ4n) is 2.14. The molecule has 2 heterocycles. The van der Waals surface area contributed by atoms with E-state index in [1.165, 1.54) is 6.33 Å². The molecule has 2 N–H and O–H groups in total. The zero-order valence-electron chi connectivity index (χ0n) is 11.1. The second kappa shape index (κ2) is 5.49. The standard InChI is InChI=1S/C12H20N4O2/c1-8-11(14-7-15-12(8)17-3)16-4-5-18-10(6-16)9(2)13/h7,9-10H,4-6,13H2,1-3H3. The molecule has 100 valence electrons. The summed E-state index contributed by atoms with van der Waals surface area (Å²) >= 11 is 0. The molecule has 18 heavy (non-hydrogen) atoms. The van der Waals surface area contributed by atoms with Gasteiger partial charge in [0.25, 0.3) is 0 Å². The molecule has 6 nitrogen and oxygen atoms in total. The van der Waals surface area contributed by atoms with Crippen molar-refractivity contribution < 1.29 is 9.47 Å². The Labute approximate surface area is 107 Å². The van der Waals surface area contributed by atoms with Crippen LogP contribution in [0, 0.1) is 6.92 Å². The number of nitrogens with two attached hydrogens (primary N) is 1. The molecule has 1 aliphatic heterocycles. The molecule has 1 aromatic heterocycles. The largest absolute Gasteiger partial charge is 0.481 e. The maximum absolute atomic E-state index is 5.89. The summed E-state index contributed by atoms with van der Waals surface area (Å²) < 4.78 is 10.9. The molecule has 0 aliphatic carbocycles. The molecule has 2 unspecified atom stereocenters. The van der Waals surface area contributed by atoms with E-state index < -0.39 is 0 Å². The molecule has 0 saturated carbocycles. The first kappa shape index (κ1) is 13.0. The third kappa shape index (κ3) is 2.54. The van der Waals surface area contributed by atoms with Crippen LogP contribution in [0.5, 0.6) is 5.88 Å². The van der Waals surface area contributed by atoms with Crippen molar-refractivity contribution in [3.8, 4) is 5.88 Å². The summed E-state index contributed by atoms with van der Waals surface area (Å²) in [6.45, 7) is 6.15. The van der Waals surface area contributed by atoms with E-state index in [-0.39, 0.29) is 12.1 Å². The van der Waals surface area contributed by atoms with Crippen LogP contribution in [-0.4, -0.2) is 48.9 Å². The topological polar surface area (TPSA) is 73.5 Å². The van der Waals surface area contributed by atoms with Crippen LogP contribution < -0.4 is 15.4 Å². The van der Waals surface area contributed by atoms with Gasteiger partial charge in [0.15, 0.2) is 0 Å². The summed E-state index contributed by atoms with van der Waals surface area (Å²) in [6.07, 6.45) is 1.57. The number of anilines is 1. The van der Waals surface area contributed by atoms with Crippen molar-refractivity contribution >= 4 is 5.82 Å². The molecule has 2 rings (SSSR count). The van der Waals surface area contributed by atoms with Gasteiger partial charge in [-0.2, -0.15) is 0 Å². The number of nitrogens with zero attached hydrogens (tertiary/aromatic N) is 3. The van der Waals surface area contributed by atoms with Crippen LogP contribution >= 0.6 is 0 Å². The fraction of sp³-hybridized carbons (Fsp3) is 0.667. The number of aromatic nitrogens is 2. The predicted octanol–water partition coefficient (Wildman–Crippen LogP) is 0.346. The van der Waals surface area contributed by atoms with E-state index >= 15 is 0 Å². The highest BCUT2D eigenvalue weighted by atomic mass is 16.5. The Bertz CT molecular complexity index is 411. The van der Waals surface area contributed by atoms with Crippen molar-refractivity contribution in [2.75, 3.05) is 31.7 Å². The van der Waals surface area contributed by atoms with Crippen molar-refractivity contribution in [3.63, 3.8) is 0 Å². The number of ether oxygens (including phenoxy) is 2. The SMILES string of the molecule is COc1ncnc(N2CCOC(C(C)N)C2)c1C. The van der Waals surface area contributed by atoms with Crippen LogP contribution in [0.15, 0.2) is 6.33 Å². The molecule has 0 aromatic carbocycles. The predicted molar refractivity (Wildman–Crippen MR) is 68.9 cm³/mol. The zero-order valence-corrected chi connectivity index (χ0v) is 11.1. The number of hydrogen-bond donors (Lipinski definition) is 1. The minimum atomic E-state index is 0.0110. The average molecular weight is 252 g/mol. The molecule has 1 aromatic rings. The van der Waals surface area contributed by atoms with E-state index in [0.29, 0.717) is 12.5 Å². The molecule has 1 fully saturated rings. The lowest BCUT2D eigenvalue weighted by Gasteiger charge is -2.36. The van der Waals surface area contributed by atoms with Crippen LogP contribution in [0.4, 0.5) is 5.82 Å². The molecule has 0 spiro atoms. The molecule has 0 radical (unpaired) electrons. The first-order valence-electron chi connectivity index (χ1n) is 6.11. The maximum atomic E-state index is 5.89. The van der Waals surface area contributed by atoms with Crippen LogP contribution in [0.3, 0.4) is 0 Å². The normalized spacial score (nSPS) is 21.8. The minimum Gasteiger partial charge on any atom is -0.481 e. The van der Waals surface area contributed by atoms with Gasteiger partial charge >= 0.3 is 0 Å². The first-order chi connectivity index (χ1) is 8.63. The van der Waals surface area contributed by atoms with E-state index in [1.54, 1.807) is 7.11 Å². The summed E-state index contributed by atoms with van der Waals surface area (Å²) in [7, 11) is 1.61. The summed E-state index contributed by atoms with van der Waals surface area (Å²) in [5.74, 6) is 1.51. The van der Waals surface area contributed by atoms with Gasteiger partial charge in [-0.3, -0.25) is 0 Å². The lowest BCUT2D eigenvalue weighted by atomic mass is 10.1. The lowest BCUT2D eigenvalue weighted by Crippen LogP contribution is -2.50. The Hall–Kier alpha value is -1.40. The van der Waals surface area contributed by atoms with Gasteiger partial charge in [0.05, 0.1) is 25.4 Å². The van der Waals surface area contributed by atoms with E-state index in [0.717, 1.165) is 24.5 Å². The summed E-state index contributed by atoms with van der Waals surface area (Å²) in [6, 6.07) is 0.0110.